The van der Waals surface area contributed by atoms with E-state index in [2.05, 4.69) is 86.9 Å². The van der Waals surface area contributed by atoms with E-state index in [0.29, 0.717) is 13.2 Å². The molecule has 4 heteroatoms. The van der Waals surface area contributed by atoms with Crippen LogP contribution in [-0.2, 0) is 4.43 Å². The van der Waals surface area contributed by atoms with E-state index >= 15 is 0 Å². The number of rotatable bonds is 6. The minimum atomic E-state index is -2.38. The molecule has 0 heterocycles. The number of benzene rings is 2. The Morgan fingerprint density at radius 1 is 0.909 bits per heavy atom. The van der Waals surface area contributed by atoms with Gasteiger partial charge in [0.2, 0.25) is 0 Å². The molecule has 0 fully saturated rings. The maximum atomic E-state index is 6.60. The van der Waals surface area contributed by atoms with Crippen LogP contribution in [0.4, 0.5) is 0 Å². The third kappa shape index (κ3) is 3.30. The summed E-state index contributed by atoms with van der Waals surface area (Å²) in [5.74, 6) is 5.43. The zero-order chi connectivity index (χ0) is 16.1. The van der Waals surface area contributed by atoms with Crippen LogP contribution in [0.5, 0.6) is 0 Å². The summed E-state index contributed by atoms with van der Waals surface area (Å²) in [6.07, 6.45) is 0. The second-order valence-electron chi connectivity index (χ2n) is 6.47. The van der Waals surface area contributed by atoms with Crippen molar-refractivity contribution in [2.75, 3.05) is 13.2 Å². The normalized spacial score (nSPS) is 12.4. The Labute approximate surface area is 134 Å². The lowest BCUT2D eigenvalue weighted by molar-refractivity contribution is 0.296. The Balaban J connectivity index is 2.59. The van der Waals surface area contributed by atoms with Crippen molar-refractivity contribution in [3.05, 3.63) is 60.7 Å². The molecule has 3 nitrogen and oxygen atoms in total. The SMILES string of the molecule is CC(C)(C)[Si](OCCNN)(c1ccccc1)c1ccccc1. The summed E-state index contributed by atoms with van der Waals surface area (Å²) in [4.78, 5) is 0. The summed E-state index contributed by atoms with van der Waals surface area (Å²) in [6, 6.07) is 21.3. The van der Waals surface area contributed by atoms with E-state index in [1.807, 2.05) is 0 Å². The molecule has 0 saturated carbocycles. The molecule has 2 rings (SSSR count). The van der Waals surface area contributed by atoms with Crippen LogP contribution in [0.2, 0.25) is 5.04 Å². The smallest absolute Gasteiger partial charge is 0.261 e. The van der Waals surface area contributed by atoms with Crippen molar-refractivity contribution in [1.82, 2.24) is 5.43 Å². The van der Waals surface area contributed by atoms with E-state index in [4.69, 9.17) is 10.3 Å². The van der Waals surface area contributed by atoms with E-state index in [9.17, 15) is 0 Å². The summed E-state index contributed by atoms with van der Waals surface area (Å²) >= 11 is 0. The molecule has 0 aliphatic carbocycles. The van der Waals surface area contributed by atoms with Gasteiger partial charge in [-0.05, 0) is 15.4 Å². The van der Waals surface area contributed by atoms with Gasteiger partial charge in [0.05, 0.1) is 0 Å². The molecular formula is C18H26N2OSi. The van der Waals surface area contributed by atoms with Crippen LogP contribution in [0.25, 0.3) is 0 Å². The first-order valence-corrected chi connectivity index (χ1v) is 9.61. The predicted molar refractivity (Wildman–Crippen MR) is 95.8 cm³/mol. The van der Waals surface area contributed by atoms with Gasteiger partial charge in [-0.25, -0.2) is 0 Å². The van der Waals surface area contributed by atoms with Crippen molar-refractivity contribution in [1.29, 1.82) is 0 Å². The fourth-order valence-electron chi connectivity index (χ4n) is 3.02. The lowest BCUT2D eigenvalue weighted by atomic mass is 10.2. The lowest BCUT2D eigenvalue weighted by Gasteiger charge is -2.43. The van der Waals surface area contributed by atoms with Crippen molar-refractivity contribution in [3.8, 4) is 0 Å². The summed E-state index contributed by atoms with van der Waals surface area (Å²) in [6.45, 7) is 8.06. The van der Waals surface area contributed by atoms with Gasteiger partial charge in [0.15, 0.2) is 0 Å². The highest BCUT2D eigenvalue weighted by Crippen LogP contribution is 2.36. The summed E-state index contributed by atoms with van der Waals surface area (Å²) in [5.41, 5.74) is 2.69. The largest absolute Gasteiger partial charge is 0.406 e. The molecule has 0 amide bonds. The highest BCUT2D eigenvalue weighted by Gasteiger charge is 2.49. The fraction of sp³-hybridized carbons (Fsp3) is 0.333. The van der Waals surface area contributed by atoms with Crippen LogP contribution in [-0.4, -0.2) is 21.5 Å². The van der Waals surface area contributed by atoms with Crippen molar-refractivity contribution >= 4 is 18.7 Å². The van der Waals surface area contributed by atoms with Crippen LogP contribution < -0.4 is 21.6 Å². The monoisotopic (exact) mass is 314 g/mol. The first-order valence-electron chi connectivity index (χ1n) is 7.71. The molecule has 0 radical (unpaired) electrons. The van der Waals surface area contributed by atoms with Gasteiger partial charge in [0.25, 0.3) is 8.32 Å². The Morgan fingerprint density at radius 3 is 1.73 bits per heavy atom. The van der Waals surface area contributed by atoms with Gasteiger partial charge < -0.3 is 4.43 Å². The molecule has 0 atom stereocenters. The van der Waals surface area contributed by atoms with Gasteiger partial charge in [-0.15, -0.1) is 0 Å². The molecule has 2 aromatic carbocycles. The van der Waals surface area contributed by atoms with Crippen LogP contribution >= 0.6 is 0 Å². The van der Waals surface area contributed by atoms with Crippen molar-refractivity contribution in [2.24, 2.45) is 5.84 Å². The zero-order valence-electron chi connectivity index (χ0n) is 13.7. The quantitative estimate of drug-likeness (QED) is 0.371. The third-order valence-electron chi connectivity index (χ3n) is 3.98. The third-order valence-corrected chi connectivity index (χ3v) is 9.02. The van der Waals surface area contributed by atoms with Gasteiger partial charge >= 0.3 is 0 Å². The predicted octanol–water partition coefficient (Wildman–Crippen LogP) is 2.03. The summed E-state index contributed by atoms with van der Waals surface area (Å²) in [7, 11) is -2.38. The van der Waals surface area contributed by atoms with Crippen molar-refractivity contribution in [2.45, 2.75) is 25.8 Å². The van der Waals surface area contributed by atoms with E-state index in [-0.39, 0.29) is 5.04 Å². The van der Waals surface area contributed by atoms with Gasteiger partial charge in [-0.2, -0.15) is 0 Å². The van der Waals surface area contributed by atoms with Crippen LogP contribution in [0.1, 0.15) is 20.8 Å². The minimum Gasteiger partial charge on any atom is -0.406 e. The Morgan fingerprint density at radius 2 is 1.36 bits per heavy atom. The standard InChI is InChI=1S/C18H26N2OSi/c1-18(2,3)22(21-15-14-20-19,16-10-6-4-7-11-16)17-12-8-5-9-13-17/h4-13,20H,14-15,19H2,1-3H3. The highest BCUT2D eigenvalue weighted by atomic mass is 28.4. The number of nitrogens with two attached hydrogens (primary N) is 1. The average molecular weight is 315 g/mol. The number of hydrogen-bond donors (Lipinski definition) is 2. The van der Waals surface area contributed by atoms with E-state index in [1.165, 1.54) is 10.4 Å². The number of hydrazine groups is 1. The highest BCUT2D eigenvalue weighted by molar-refractivity contribution is 6.99. The molecule has 0 bridgehead atoms. The summed E-state index contributed by atoms with van der Waals surface area (Å²) in [5, 5.41) is 2.61. The maximum Gasteiger partial charge on any atom is 0.261 e. The van der Waals surface area contributed by atoms with Gasteiger partial charge in [0, 0.05) is 13.2 Å². The first-order chi connectivity index (χ1) is 10.5. The van der Waals surface area contributed by atoms with Crippen LogP contribution in [0.15, 0.2) is 60.7 Å². The molecule has 0 saturated heterocycles. The van der Waals surface area contributed by atoms with E-state index < -0.39 is 8.32 Å². The molecular weight excluding hydrogens is 288 g/mol. The molecule has 0 spiro atoms. The summed E-state index contributed by atoms with van der Waals surface area (Å²) < 4.78 is 6.60. The second-order valence-corrected chi connectivity index (χ2v) is 10.8. The van der Waals surface area contributed by atoms with Gasteiger partial charge in [-0.1, -0.05) is 81.4 Å². The average Bonchev–Trinajstić information content (AvgIpc) is 2.52. The molecule has 118 valence electrons. The van der Waals surface area contributed by atoms with E-state index in [1.54, 1.807) is 0 Å². The molecule has 0 aromatic heterocycles. The Kier molecular flexibility index (Phi) is 5.53. The van der Waals surface area contributed by atoms with E-state index in [0.717, 1.165) is 0 Å². The molecule has 22 heavy (non-hydrogen) atoms. The maximum absolute atomic E-state index is 6.60. The Hall–Kier alpha value is -1.46. The molecule has 0 aliphatic heterocycles. The van der Waals surface area contributed by atoms with Crippen molar-refractivity contribution < 1.29 is 4.43 Å². The molecule has 0 unspecified atom stereocenters. The van der Waals surface area contributed by atoms with Gasteiger partial charge in [-0.3, -0.25) is 11.3 Å². The fourth-order valence-corrected chi connectivity index (χ4v) is 7.59. The first kappa shape index (κ1) is 16.9. The Bertz CT molecular complexity index is 527. The number of hydrogen-bond acceptors (Lipinski definition) is 3. The minimum absolute atomic E-state index is 0.0182. The van der Waals surface area contributed by atoms with Crippen molar-refractivity contribution in [3.63, 3.8) is 0 Å². The molecule has 3 N–H and O–H groups in total. The number of nitrogens with one attached hydrogen (secondary N) is 1. The van der Waals surface area contributed by atoms with Crippen LogP contribution in [0.3, 0.4) is 0 Å². The zero-order valence-corrected chi connectivity index (χ0v) is 14.7. The topological polar surface area (TPSA) is 47.3 Å². The van der Waals surface area contributed by atoms with Gasteiger partial charge in [0.1, 0.15) is 0 Å². The van der Waals surface area contributed by atoms with Crippen LogP contribution in [0, 0.1) is 0 Å². The molecule has 0 aliphatic rings. The molecule has 2 aromatic rings. The second kappa shape index (κ2) is 7.20. The lowest BCUT2D eigenvalue weighted by Crippen LogP contribution is -2.67.